The number of nitrogens with zero attached hydrogens (tertiary/aromatic N) is 2. The summed E-state index contributed by atoms with van der Waals surface area (Å²) in [5.74, 6) is -1.16. The van der Waals surface area contributed by atoms with Crippen molar-refractivity contribution in [2.24, 2.45) is 0 Å². The third-order valence-corrected chi connectivity index (χ3v) is 1.57. The molecule has 80 valence electrons. The Morgan fingerprint density at radius 2 is 2.33 bits per heavy atom. The van der Waals surface area contributed by atoms with Gasteiger partial charge >= 0.3 is 11.7 Å². The van der Waals surface area contributed by atoms with E-state index >= 15 is 0 Å². The van der Waals surface area contributed by atoms with Crippen molar-refractivity contribution in [3.8, 4) is 0 Å². The van der Waals surface area contributed by atoms with Crippen LogP contribution in [0.25, 0.3) is 0 Å². The van der Waals surface area contributed by atoms with Crippen LogP contribution in [0.5, 0.6) is 0 Å². The van der Waals surface area contributed by atoms with Gasteiger partial charge in [-0.25, -0.2) is 15.3 Å². The number of carbonyl (C=O) groups excluding carboxylic acids is 1. The molecule has 0 unspecified atom stereocenters. The van der Waals surface area contributed by atoms with Crippen LogP contribution in [0.1, 0.15) is 10.5 Å². The summed E-state index contributed by atoms with van der Waals surface area (Å²) in [6.45, 7) is 0. The van der Waals surface area contributed by atoms with Crippen molar-refractivity contribution in [3.05, 3.63) is 27.9 Å². The topological polar surface area (TPSA) is 115 Å². The number of anilines is 1. The minimum Gasteiger partial charge on any atom is -0.464 e. The summed E-state index contributed by atoms with van der Waals surface area (Å²) in [7, 11) is 1.15. The van der Waals surface area contributed by atoms with Crippen molar-refractivity contribution in [2.75, 3.05) is 12.6 Å². The quantitative estimate of drug-likeness (QED) is 0.428. The Hall–Kier alpha value is -2.22. The van der Waals surface area contributed by atoms with Crippen molar-refractivity contribution in [2.45, 2.75) is 0 Å². The predicted molar refractivity (Wildman–Crippen MR) is 47.6 cm³/mol. The predicted octanol–water partition coefficient (Wildman–Crippen LogP) is 0.577. The van der Waals surface area contributed by atoms with Gasteiger partial charge in [-0.3, -0.25) is 15.3 Å². The molecule has 0 atom stereocenters. The zero-order valence-electron chi connectivity index (χ0n) is 7.63. The highest BCUT2D eigenvalue weighted by atomic mass is 16.6. The molecule has 0 spiro atoms. The molecule has 1 rings (SSSR count). The summed E-state index contributed by atoms with van der Waals surface area (Å²) in [6.07, 6.45) is 0. The lowest BCUT2D eigenvalue weighted by Crippen LogP contribution is -2.08. The Labute approximate surface area is 83.6 Å². The molecule has 0 aliphatic rings. The Kier molecular flexibility index (Phi) is 3.13. The molecule has 8 heteroatoms. The zero-order valence-corrected chi connectivity index (χ0v) is 7.63. The average Bonchev–Trinajstić information content (AvgIpc) is 2.26. The fraction of sp³-hybridized carbons (Fsp3) is 0.143. The fourth-order valence-corrected chi connectivity index (χ4v) is 0.900. The van der Waals surface area contributed by atoms with Gasteiger partial charge in [0.1, 0.15) is 0 Å². The van der Waals surface area contributed by atoms with Gasteiger partial charge in [0.15, 0.2) is 5.69 Å². The maximum absolute atomic E-state index is 11.0. The van der Waals surface area contributed by atoms with Crippen LogP contribution in [0.2, 0.25) is 0 Å². The van der Waals surface area contributed by atoms with Crippen molar-refractivity contribution >= 4 is 17.5 Å². The molecule has 15 heavy (non-hydrogen) atoms. The van der Waals surface area contributed by atoms with Gasteiger partial charge < -0.3 is 4.74 Å². The minimum absolute atomic E-state index is 0.139. The molecule has 8 nitrogen and oxygen atoms in total. The smallest absolute Gasteiger partial charge is 0.356 e. The summed E-state index contributed by atoms with van der Waals surface area (Å²) < 4.78 is 4.36. The van der Waals surface area contributed by atoms with Crippen LogP contribution in [-0.2, 0) is 4.74 Å². The Bertz CT molecular complexity index is 406. The summed E-state index contributed by atoms with van der Waals surface area (Å²) in [6, 6.07) is 2.17. The second-order valence-corrected chi connectivity index (χ2v) is 2.42. The van der Waals surface area contributed by atoms with E-state index < -0.39 is 22.4 Å². The number of esters is 1. The van der Waals surface area contributed by atoms with Crippen molar-refractivity contribution < 1.29 is 19.7 Å². The van der Waals surface area contributed by atoms with E-state index in [-0.39, 0.29) is 5.69 Å². The number of carbonyl (C=O) groups is 1. The second-order valence-electron chi connectivity index (χ2n) is 2.42. The number of rotatable bonds is 3. The summed E-state index contributed by atoms with van der Waals surface area (Å²) in [4.78, 5) is 24.2. The number of aromatic nitrogens is 1. The normalized spacial score (nSPS) is 9.47. The van der Waals surface area contributed by atoms with Crippen molar-refractivity contribution in [3.63, 3.8) is 0 Å². The van der Waals surface area contributed by atoms with Gasteiger partial charge in [-0.15, -0.1) is 0 Å². The van der Waals surface area contributed by atoms with Gasteiger partial charge in [-0.05, 0) is 6.07 Å². The highest BCUT2D eigenvalue weighted by molar-refractivity contribution is 5.88. The van der Waals surface area contributed by atoms with Crippen LogP contribution >= 0.6 is 0 Å². The van der Waals surface area contributed by atoms with Gasteiger partial charge in [0, 0.05) is 6.07 Å². The number of nitro groups is 1. The molecule has 0 bridgehead atoms. The van der Waals surface area contributed by atoms with Crippen molar-refractivity contribution in [1.29, 1.82) is 0 Å². The Balaban J connectivity index is 3.19. The largest absolute Gasteiger partial charge is 0.464 e. The van der Waals surface area contributed by atoms with E-state index in [9.17, 15) is 14.9 Å². The first-order valence-corrected chi connectivity index (χ1v) is 3.74. The first kappa shape index (κ1) is 10.9. The molecule has 0 saturated carbocycles. The molecule has 0 amide bonds. The first-order chi connectivity index (χ1) is 7.10. The molecule has 0 aromatic carbocycles. The van der Waals surface area contributed by atoms with E-state index in [1.54, 1.807) is 0 Å². The third-order valence-electron chi connectivity index (χ3n) is 1.57. The second kappa shape index (κ2) is 4.33. The van der Waals surface area contributed by atoms with Gasteiger partial charge in [0.2, 0.25) is 5.82 Å². The Morgan fingerprint density at radius 3 is 2.80 bits per heavy atom. The van der Waals surface area contributed by atoms with Crippen LogP contribution in [0.4, 0.5) is 11.5 Å². The molecule has 0 fully saturated rings. The molecule has 1 aromatic rings. The number of methoxy groups -OCH3 is 1. The highest BCUT2D eigenvalue weighted by Crippen LogP contribution is 2.21. The van der Waals surface area contributed by atoms with Crippen LogP contribution in [0.3, 0.4) is 0 Å². The number of hydrogen-bond acceptors (Lipinski definition) is 7. The number of hydrogen-bond donors (Lipinski definition) is 2. The molecule has 0 radical (unpaired) electrons. The van der Waals surface area contributed by atoms with Gasteiger partial charge in [0.25, 0.3) is 0 Å². The van der Waals surface area contributed by atoms with E-state index in [1.807, 2.05) is 0 Å². The number of pyridine rings is 1. The zero-order chi connectivity index (χ0) is 11.4. The molecule has 2 N–H and O–H groups in total. The van der Waals surface area contributed by atoms with Crippen LogP contribution in [-0.4, -0.2) is 28.2 Å². The monoisotopic (exact) mass is 213 g/mol. The maximum Gasteiger partial charge on any atom is 0.356 e. The summed E-state index contributed by atoms with van der Waals surface area (Å²) in [5, 5.41) is 19.0. The Morgan fingerprint density at radius 1 is 1.67 bits per heavy atom. The van der Waals surface area contributed by atoms with E-state index in [1.165, 1.54) is 5.48 Å². The van der Waals surface area contributed by atoms with Crippen LogP contribution in [0.15, 0.2) is 12.1 Å². The summed E-state index contributed by atoms with van der Waals surface area (Å²) in [5.41, 5.74) is 0.957. The number of nitrogens with one attached hydrogen (secondary N) is 1. The summed E-state index contributed by atoms with van der Waals surface area (Å²) >= 11 is 0. The number of ether oxygens (including phenoxy) is 1. The molecule has 0 saturated heterocycles. The van der Waals surface area contributed by atoms with E-state index in [2.05, 4.69) is 9.72 Å². The maximum atomic E-state index is 11.0. The fourth-order valence-electron chi connectivity index (χ4n) is 0.900. The van der Waals surface area contributed by atoms with Gasteiger partial charge in [-0.2, -0.15) is 0 Å². The van der Waals surface area contributed by atoms with Crippen molar-refractivity contribution in [1.82, 2.24) is 4.98 Å². The lowest BCUT2D eigenvalue weighted by atomic mass is 10.3. The van der Waals surface area contributed by atoms with E-state index in [4.69, 9.17) is 5.21 Å². The van der Waals surface area contributed by atoms with Crippen LogP contribution in [0, 0.1) is 10.1 Å². The first-order valence-electron chi connectivity index (χ1n) is 3.74. The molecular weight excluding hydrogens is 206 g/mol. The average molecular weight is 213 g/mol. The lowest BCUT2D eigenvalue weighted by Gasteiger charge is -2.02. The lowest BCUT2D eigenvalue weighted by molar-refractivity contribution is -0.384. The van der Waals surface area contributed by atoms with Gasteiger partial charge in [0.05, 0.1) is 12.0 Å². The molecule has 0 aliphatic heterocycles. The van der Waals surface area contributed by atoms with Gasteiger partial charge in [-0.1, -0.05) is 0 Å². The highest BCUT2D eigenvalue weighted by Gasteiger charge is 2.18. The van der Waals surface area contributed by atoms with E-state index in [0.717, 1.165) is 19.2 Å². The molecular formula is C7H7N3O5. The van der Waals surface area contributed by atoms with E-state index in [0.29, 0.717) is 0 Å². The SMILES string of the molecule is COC(=O)c1ccc([N+](=O)[O-])c(NO)n1. The molecule has 1 heterocycles. The van der Waals surface area contributed by atoms with Crippen LogP contribution < -0.4 is 5.48 Å². The molecule has 0 aliphatic carbocycles. The molecule has 1 aromatic heterocycles. The minimum atomic E-state index is -0.749. The standard InChI is InChI=1S/C7H7N3O5/c1-15-7(11)4-2-3-5(10(13)14)6(8-4)9-12/h2-3,12H,1H3,(H,8,9). The third kappa shape index (κ3) is 2.17.